The average molecular weight is 250 g/mol. The molecule has 3 nitrogen and oxygen atoms in total. The van der Waals surface area contributed by atoms with Gasteiger partial charge in [-0.05, 0) is 44.2 Å². The van der Waals surface area contributed by atoms with E-state index in [1.165, 1.54) is 12.8 Å². The lowest BCUT2D eigenvalue weighted by molar-refractivity contribution is 0.483. The van der Waals surface area contributed by atoms with Crippen molar-refractivity contribution in [1.82, 2.24) is 14.5 Å². The van der Waals surface area contributed by atoms with Crippen LogP contribution in [-0.2, 0) is 5.88 Å². The van der Waals surface area contributed by atoms with Gasteiger partial charge in [0.2, 0.25) is 0 Å². The Hall–Kier alpha value is -1.09. The van der Waals surface area contributed by atoms with Gasteiger partial charge in [-0.2, -0.15) is 0 Å². The molecule has 0 saturated heterocycles. The summed E-state index contributed by atoms with van der Waals surface area (Å²) in [7, 11) is 0. The van der Waals surface area contributed by atoms with Gasteiger partial charge < -0.3 is 4.57 Å². The monoisotopic (exact) mass is 249 g/mol. The molecule has 0 amide bonds. The van der Waals surface area contributed by atoms with Crippen LogP contribution in [0.1, 0.15) is 37.2 Å². The molecule has 1 aliphatic carbocycles. The second-order valence-electron chi connectivity index (χ2n) is 4.97. The quantitative estimate of drug-likeness (QED) is 0.780. The average Bonchev–Trinajstić information content (AvgIpc) is 3.09. The van der Waals surface area contributed by atoms with Crippen LogP contribution in [0.4, 0.5) is 0 Å². The molecule has 0 spiro atoms. The van der Waals surface area contributed by atoms with Crippen LogP contribution in [0.3, 0.4) is 0 Å². The van der Waals surface area contributed by atoms with E-state index in [1.54, 1.807) is 0 Å². The van der Waals surface area contributed by atoms with Crippen molar-refractivity contribution in [3.05, 3.63) is 23.7 Å². The molecule has 2 aromatic rings. The number of rotatable bonds is 3. The van der Waals surface area contributed by atoms with E-state index in [1.807, 2.05) is 13.1 Å². The van der Waals surface area contributed by atoms with Crippen molar-refractivity contribution in [2.45, 2.75) is 38.6 Å². The lowest BCUT2D eigenvalue weighted by atomic mass is 10.2. The normalized spacial score (nSPS) is 17.6. The molecular weight excluding hydrogens is 234 g/mol. The molecule has 1 fully saturated rings. The summed E-state index contributed by atoms with van der Waals surface area (Å²) in [4.78, 5) is 9.11. The van der Waals surface area contributed by atoms with Gasteiger partial charge >= 0.3 is 0 Å². The Labute approximate surface area is 106 Å². The smallest absolute Gasteiger partial charge is 0.160 e. The predicted molar refractivity (Wildman–Crippen MR) is 69.3 cm³/mol. The van der Waals surface area contributed by atoms with E-state index in [2.05, 4.69) is 27.5 Å². The molecule has 1 saturated carbocycles. The maximum atomic E-state index is 6.00. The van der Waals surface area contributed by atoms with Crippen molar-refractivity contribution in [3.8, 4) is 0 Å². The molecule has 90 valence electrons. The van der Waals surface area contributed by atoms with Crippen molar-refractivity contribution in [1.29, 1.82) is 0 Å². The van der Waals surface area contributed by atoms with Crippen LogP contribution in [0.15, 0.2) is 12.3 Å². The van der Waals surface area contributed by atoms with Gasteiger partial charge in [-0.15, -0.1) is 11.6 Å². The Bertz CT molecular complexity index is 557. The largest absolute Gasteiger partial charge is 0.309 e. The molecule has 2 aromatic heterocycles. The number of imidazole rings is 1. The number of alkyl halides is 1. The topological polar surface area (TPSA) is 30.7 Å². The minimum Gasteiger partial charge on any atom is -0.309 e. The van der Waals surface area contributed by atoms with E-state index in [4.69, 9.17) is 11.6 Å². The third kappa shape index (κ3) is 1.82. The summed E-state index contributed by atoms with van der Waals surface area (Å²) in [5.74, 6) is 2.17. The third-order valence-electron chi connectivity index (χ3n) is 3.57. The summed E-state index contributed by atoms with van der Waals surface area (Å²) >= 11 is 6.00. The van der Waals surface area contributed by atoms with Gasteiger partial charge in [0.1, 0.15) is 11.3 Å². The van der Waals surface area contributed by atoms with Crippen molar-refractivity contribution in [3.63, 3.8) is 0 Å². The fourth-order valence-corrected chi connectivity index (χ4v) is 2.63. The van der Waals surface area contributed by atoms with Crippen LogP contribution in [-0.4, -0.2) is 14.5 Å². The zero-order valence-corrected chi connectivity index (χ0v) is 10.9. The van der Waals surface area contributed by atoms with E-state index in [0.717, 1.165) is 28.5 Å². The van der Waals surface area contributed by atoms with Crippen LogP contribution >= 0.6 is 11.6 Å². The highest BCUT2D eigenvalue weighted by molar-refractivity contribution is 6.16. The number of pyridine rings is 1. The van der Waals surface area contributed by atoms with Gasteiger partial charge in [0.15, 0.2) is 5.65 Å². The molecule has 1 aliphatic rings. The predicted octanol–water partition coefficient (Wildman–Crippen LogP) is 3.45. The standard InChI is InChI=1S/C13H16ClN3/c1-8-5-11-13(15-7-8)17(12(6-14)16-11)9(2)10-3-4-10/h5,7,9-10H,3-4,6H2,1-2H3. The molecule has 0 bridgehead atoms. The second-order valence-corrected chi connectivity index (χ2v) is 5.23. The zero-order valence-electron chi connectivity index (χ0n) is 10.2. The third-order valence-corrected chi connectivity index (χ3v) is 3.81. The minimum atomic E-state index is 0.451. The summed E-state index contributed by atoms with van der Waals surface area (Å²) < 4.78 is 2.22. The Kier molecular flexibility index (Phi) is 2.58. The van der Waals surface area contributed by atoms with E-state index < -0.39 is 0 Å². The number of hydrogen-bond acceptors (Lipinski definition) is 2. The molecule has 0 radical (unpaired) electrons. The number of halogens is 1. The van der Waals surface area contributed by atoms with E-state index >= 15 is 0 Å². The Morgan fingerprint density at radius 1 is 1.53 bits per heavy atom. The number of hydrogen-bond donors (Lipinski definition) is 0. The summed E-state index contributed by atoms with van der Waals surface area (Å²) in [5, 5.41) is 0. The Balaban J connectivity index is 2.18. The fraction of sp³-hybridized carbons (Fsp3) is 0.538. The van der Waals surface area contributed by atoms with E-state index in [0.29, 0.717) is 11.9 Å². The van der Waals surface area contributed by atoms with Crippen LogP contribution < -0.4 is 0 Å². The van der Waals surface area contributed by atoms with Gasteiger partial charge in [-0.3, -0.25) is 0 Å². The molecular formula is C13H16ClN3. The highest BCUT2D eigenvalue weighted by Crippen LogP contribution is 2.41. The summed E-state index contributed by atoms with van der Waals surface area (Å²) in [6.07, 6.45) is 4.53. The molecule has 4 heteroatoms. The van der Waals surface area contributed by atoms with Crippen molar-refractivity contribution < 1.29 is 0 Å². The summed E-state index contributed by atoms with van der Waals surface area (Å²) in [5.41, 5.74) is 3.08. The maximum absolute atomic E-state index is 6.00. The molecule has 17 heavy (non-hydrogen) atoms. The first-order chi connectivity index (χ1) is 8.20. The van der Waals surface area contributed by atoms with Gasteiger partial charge in [-0.25, -0.2) is 9.97 Å². The molecule has 0 aromatic carbocycles. The molecule has 1 atom stereocenters. The van der Waals surface area contributed by atoms with Crippen LogP contribution in [0.5, 0.6) is 0 Å². The molecule has 3 rings (SSSR count). The summed E-state index contributed by atoms with van der Waals surface area (Å²) in [6, 6.07) is 2.54. The fourth-order valence-electron chi connectivity index (χ4n) is 2.44. The minimum absolute atomic E-state index is 0.451. The van der Waals surface area contributed by atoms with Crippen molar-refractivity contribution in [2.75, 3.05) is 0 Å². The van der Waals surface area contributed by atoms with Gasteiger partial charge in [0, 0.05) is 12.2 Å². The Morgan fingerprint density at radius 2 is 2.29 bits per heavy atom. The maximum Gasteiger partial charge on any atom is 0.160 e. The highest BCUT2D eigenvalue weighted by Gasteiger charge is 2.31. The number of nitrogens with zero attached hydrogens (tertiary/aromatic N) is 3. The van der Waals surface area contributed by atoms with Crippen LogP contribution in [0.25, 0.3) is 11.2 Å². The second kappa shape index (κ2) is 3.98. The summed E-state index contributed by atoms with van der Waals surface area (Å²) in [6.45, 7) is 4.28. The first-order valence-corrected chi connectivity index (χ1v) is 6.63. The number of aryl methyl sites for hydroxylation is 1. The van der Waals surface area contributed by atoms with Crippen LogP contribution in [0, 0.1) is 12.8 Å². The van der Waals surface area contributed by atoms with Gasteiger partial charge in [-0.1, -0.05) is 0 Å². The molecule has 0 aliphatic heterocycles. The number of fused-ring (bicyclic) bond motifs is 1. The van der Waals surface area contributed by atoms with Crippen LogP contribution in [0.2, 0.25) is 0 Å². The molecule has 0 N–H and O–H groups in total. The lowest BCUT2D eigenvalue weighted by Crippen LogP contribution is -2.10. The molecule has 1 unspecified atom stereocenters. The van der Waals surface area contributed by atoms with E-state index in [-0.39, 0.29) is 0 Å². The lowest BCUT2D eigenvalue weighted by Gasteiger charge is -2.15. The van der Waals surface area contributed by atoms with Gasteiger partial charge in [0.05, 0.1) is 5.88 Å². The SMILES string of the molecule is Cc1cnc2c(c1)nc(CCl)n2C(C)C1CC1. The highest BCUT2D eigenvalue weighted by atomic mass is 35.5. The first kappa shape index (κ1) is 11.0. The Morgan fingerprint density at radius 3 is 2.94 bits per heavy atom. The first-order valence-electron chi connectivity index (χ1n) is 6.10. The van der Waals surface area contributed by atoms with Crippen molar-refractivity contribution >= 4 is 22.8 Å². The number of aromatic nitrogens is 3. The molecule has 2 heterocycles. The van der Waals surface area contributed by atoms with Gasteiger partial charge in [0.25, 0.3) is 0 Å². The zero-order chi connectivity index (χ0) is 12.0. The van der Waals surface area contributed by atoms with Crippen molar-refractivity contribution in [2.24, 2.45) is 5.92 Å². The van der Waals surface area contributed by atoms with E-state index in [9.17, 15) is 0 Å².